The molecule has 2 unspecified atom stereocenters. The molecule has 24 heavy (non-hydrogen) atoms. The van der Waals surface area contributed by atoms with Crippen LogP contribution in [0.25, 0.3) is 0 Å². The van der Waals surface area contributed by atoms with Gasteiger partial charge in [-0.15, -0.1) is 0 Å². The summed E-state index contributed by atoms with van der Waals surface area (Å²) in [5.41, 5.74) is 8.83. The molecular formula is C20H26N2O2. The van der Waals surface area contributed by atoms with Gasteiger partial charge in [0, 0.05) is 43.0 Å². The summed E-state index contributed by atoms with van der Waals surface area (Å²) in [7, 11) is 3.36. The van der Waals surface area contributed by atoms with Crippen molar-refractivity contribution in [1.29, 1.82) is 0 Å². The minimum absolute atomic E-state index is 0.185. The normalized spacial score (nSPS) is 20.7. The first-order chi connectivity index (χ1) is 11.7. The van der Waals surface area contributed by atoms with E-state index in [1.165, 1.54) is 5.56 Å². The van der Waals surface area contributed by atoms with Gasteiger partial charge in [0.2, 0.25) is 0 Å². The van der Waals surface area contributed by atoms with Crippen LogP contribution in [0, 0.1) is 5.92 Å². The summed E-state index contributed by atoms with van der Waals surface area (Å²) in [5, 5.41) is 0. The molecule has 2 aromatic carbocycles. The Bertz CT molecular complexity index is 638. The minimum Gasteiger partial charge on any atom is -0.497 e. The average Bonchev–Trinajstić information content (AvgIpc) is 2.61. The maximum absolute atomic E-state index is 6.34. The summed E-state index contributed by atoms with van der Waals surface area (Å²) in [4.78, 5) is 2.35. The Morgan fingerprint density at radius 1 is 1.00 bits per heavy atom. The minimum atomic E-state index is 0.185. The van der Waals surface area contributed by atoms with Gasteiger partial charge in [-0.2, -0.15) is 0 Å². The first-order valence-corrected chi connectivity index (χ1v) is 8.45. The van der Waals surface area contributed by atoms with Crippen LogP contribution in [0.15, 0.2) is 48.5 Å². The molecule has 128 valence electrons. The summed E-state index contributed by atoms with van der Waals surface area (Å²) < 4.78 is 10.8. The first-order valence-electron chi connectivity index (χ1n) is 8.45. The highest BCUT2D eigenvalue weighted by Gasteiger charge is 2.26. The second kappa shape index (κ2) is 7.58. The van der Waals surface area contributed by atoms with E-state index in [-0.39, 0.29) is 6.04 Å². The lowest BCUT2D eigenvalue weighted by Gasteiger charge is -2.38. The van der Waals surface area contributed by atoms with Crippen molar-refractivity contribution in [2.24, 2.45) is 11.7 Å². The average molecular weight is 326 g/mol. The maximum atomic E-state index is 6.34. The van der Waals surface area contributed by atoms with Crippen molar-refractivity contribution in [2.45, 2.75) is 18.9 Å². The number of hydrogen-bond donors (Lipinski definition) is 1. The predicted octanol–water partition coefficient (Wildman–Crippen LogP) is 3.10. The zero-order valence-corrected chi connectivity index (χ0v) is 14.4. The third kappa shape index (κ3) is 4.01. The van der Waals surface area contributed by atoms with E-state index >= 15 is 0 Å². The van der Waals surface area contributed by atoms with E-state index in [4.69, 9.17) is 15.2 Å². The molecule has 0 bridgehead atoms. The number of hydrogen-bond acceptors (Lipinski definition) is 4. The molecule has 4 heteroatoms. The highest BCUT2D eigenvalue weighted by atomic mass is 16.5. The van der Waals surface area contributed by atoms with E-state index in [1.807, 2.05) is 6.07 Å². The number of methoxy groups -OCH3 is 2. The summed E-state index contributed by atoms with van der Waals surface area (Å²) in [5.74, 6) is 2.17. The van der Waals surface area contributed by atoms with E-state index in [2.05, 4.69) is 47.4 Å². The molecular weight excluding hydrogens is 300 g/mol. The standard InChI is InChI=1S/C20H26N2O2/c1-23-19-10-18(11-20(12-19)24-2)22-13-16(9-17(21)14-22)8-15-6-4-3-5-7-15/h3-7,10-12,16-17H,8-9,13-14,21H2,1-2H3. The molecule has 1 fully saturated rings. The molecule has 1 aliphatic rings. The van der Waals surface area contributed by atoms with Gasteiger partial charge >= 0.3 is 0 Å². The van der Waals surface area contributed by atoms with Crippen LogP contribution in [-0.4, -0.2) is 33.4 Å². The molecule has 1 aliphatic heterocycles. The lowest BCUT2D eigenvalue weighted by atomic mass is 9.89. The predicted molar refractivity (Wildman–Crippen MR) is 98.0 cm³/mol. The van der Waals surface area contributed by atoms with Crippen molar-refractivity contribution < 1.29 is 9.47 Å². The number of ether oxygens (including phenoxy) is 2. The van der Waals surface area contributed by atoms with Crippen molar-refractivity contribution >= 4 is 5.69 Å². The van der Waals surface area contributed by atoms with Crippen LogP contribution in [0.2, 0.25) is 0 Å². The number of nitrogens with zero attached hydrogens (tertiary/aromatic N) is 1. The number of nitrogens with two attached hydrogens (primary N) is 1. The highest BCUT2D eigenvalue weighted by molar-refractivity contribution is 5.56. The van der Waals surface area contributed by atoms with Crippen molar-refractivity contribution in [2.75, 3.05) is 32.2 Å². The zero-order valence-electron chi connectivity index (χ0n) is 14.4. The Balaban J connectivity index is 1.78. The van der Waals surface area contributed by atoms with Gasteiger partial charge in [0.15, 0.2) is 0 Å². The number of benzene rings is 2. The summed E-state index contributed by atoms with van der Waals surface area (Å²) >= 11 is 0. The van der Waals surface area contributed by atoms with E-state index in [1.54, 1.807) is 14.2 Å². The van der Waals surface area contributed by atoms with Crippen molar-refractivity contribution in [3.8, 4) is 11.5 Å². The Morgan fingerprint density at radius 2 is 1.67 bits per heavy atom. The SMILES string of the molecule is COc1cc(OC)cc(N2CC(N)CC(Cc3ccccc3)C2)c1. The Morgan fingerprint density at radius 3 is 2.29 bits per heavy atom. The van der Waals surface area contributed by atoms with Crippen LogP contribution >= 0.6 is 0 Å². The molecule has 2 N–H and O–H groups in total. The fourth-order valence-electron chi connectivity index (χ4n) is 3.53. The van der Waals surface area contributed by atoms with Crippen molar-refractivity contribution in [3.05, 3.63) is 54.1 Å². The summed E-state index contributed by atoms with van der Waals surface area (Å²) in [6, 6.07) is 16.8. The number of piperidine rings is 1. The monoisotopic (exact) mass is 326 g/mol. The zero-order chi connectivity index (χ0) is 16.9. The van der Waals surface area contributed by atoms with Gasteiger partial charge in [0.1, 0.15) is 11.5 Å². The van der Waals surface area contributed by atoms with Gasteiger partial charge < -0.3 is 20.1 Å². The van der Waals surface area contributed by atoms with Crippen LogP contribution in [0.1, 0.15) is 12.0 Å². The Kier molecular flexibility index (Phi) is 5.26. The topological polar surface area (TPSA) is 47.7 Å². The quantitative estimate of drug-likeness (QED) is 0.917. The molecule has 0 saturated carbocycles. The van der Waals surface area contributed by atoms with Crippen LogP contribution in [0.5, 0.6) is 11.5 Å². The van der Waals surface area contributed by atoms with Crippen molar-refractivity contribution in [1.82, 2.24) is 0 Å². The Labute approximate surface area is 144 Å². The molecule has 3 rings (SSSR count). The van der Waals surface area contributed by atoms with Crippen LogP contribution < -0.4 is 20.1 Å². The molecule has 1 heterocycles. The molecule has 2 aromatic rings. The molecule has 4 nitrogen and oxygen atoms in total. The summed E-state index contributed by atoms with van der Waals surface area (Å²) in [6.07, 6.45) is 2.12. The Hall–Kier alpha value is -2.20. The molecule has 0 amide bonds. The molecule has 0 radical (unpaired) electrons. The van der Waals surface area contributed by atoms with Crippen molar-refractivity contribution in [3.63, 3.8) is 0 Å². The van der Waals surface area contributed by atoms with E-state index < -0.39 is 0 Å². The second-order valence-electron chi connectivity index (χ2n) is 6.53. The van der Waals surface area contributed by atoms with Gasteiger partial charge in [-0.1, -0.05) is 30.3 Å². The fourth-order valence-corrected chi connectivity index (χ4v) is 3.53. The van der Waals surface area contributed by atoms with Gasteiger partial charge in [-0.05, 0) is 24.3 Å². The van der Waals surface area contributed by atoms with Crippen LogP contribution in [-0.2, 0) is 6.42 Å². The molecule has 0 aromatic heterocycles. The molecule has 2 atom stereocenters. The second-order valence-corrected chi connectivity index (χ2v) is 6.53. The third-order valence-corrected chi connectivity index (χ3v) is 4.64. The molecule has 1 saturated heterocycles. The van der Waals surface area contributed by atoms with E-state index in [9.17, 15) is 0 Å². The van der Waals surface area contributed by atoms with Gasteiger partial charge in [-0.25, -0.2) is 0 Å². The lowest BCUT2D eigenvalue weighted by molar-refractivity contribution is 0.371. The third-order valence-electron chi connectivity index (χ3n) is 4.64. The molecule has 0 spiro atoms. The fraction of sp³-hybridized carbons (Fsp3) is 0.400. The molecule has 0 aliphatic carbocycles. The van der Waals surface area contributed by atoms with Gasteiger partial charge in [0.25, 0.3) is 0 Å². The number of anilines is 1. The maximum Gasteiger partial charge on any atom is 0.124 e. The smallest absolute Gasteiger partial charge is 0.124 e. The lowest BCUT2D eigenvalue weighted by Crippen LogP contribution is -2.47. The van der Waals surface area contributed by atoms with Gasteiger partial charge in [0.05, 0.1) is 14.2 Å². The van der Waals surface area contributed by atoms with E-state index in [0.29, 0.717) is 5.92 Å². The first kappa shape index (κ1) is 16.7. The highest BCUT2D eigenvalue weighted by Crippen LogP contribution is 2.31. The van der Waals surface area contributed by atoms with E-state index in [0.717, 1.165) is 43.1 Å². The largest absolute Gasteiger partial charge is 0.497 e. The van der Waals surface area contributed by atoms with Gasteiger partial charge in [-0.3, -0.25) is 0 Å². The van der Waals surface area contributed by atoms with Crippen LogP contribution in [0.3, 0.4) is 0 Å². The summed E-state index contributed by atoms with van der Waals surface area (Å²) in [6.45, 7) is 1.86. The van der Waals surface area contributed by atoms with Crippen LogP contribution in [0.4, 0.5) is 5.69 Å². The number of rotatable bonds is 5.